The lowest BCUT2D eigenvalue weighted by molar-refractivity contribution is 0.110. The molecular weight excluding hydrogens is 506 g/mol. The number of aldehydes is 2. The third kappa shape index (κ3) is 4.14. The highest BCUT2D eigenvalue weighted by atomic mass is 35.5. The Bertz CT molecular complexity index is 1670. The average molecular weight is 528 g/mol. The minimum atomic E-state index is 0.115. The van der Waals surface area contributed by atoms with Crippen molar-refractivity contribution in [3.63, 3.8) is 0 Å². The largest absolute Gasteiger partial charge is 0.496 e. The molecule has 0 radical (unpaired) electrons. The Morgan fingerprint density at radius 1 is 0.842 bits per heavy atom. The molecule has 190 valence electrons. The number of rotatable bonds is 8. The Morgan fingerprint density at radius 2 is 1.53 bits per heavy atom. The molecule has 0 aliphatic rings. The van der Waals surface area contributed by atoms with Crippen molar-refractivity contribution in [3.05, 3.63) is 83.3 Å². The number of benzene rings is 3. The van der Waals surface area contributed by atoms with Gasteiger partial charge in [-0.25, -0.2) is 9.97 Å². The van der Waals surface area contributed by atoms with Crippen molar-refractivity contribution in [2.45, 2.75) is 0 Å². The van der Waals surface area contributed by atoms with Crippen LogP contribution in [0.15, 0.2) is 67.0 Å². The first-order valence-corrected chi connectivity index (χ1v) is 11.9. The summed E-state index contributed by atoms with van der Waals surface area (Å²) in [6.07, 6.45) is 4.75. The van der Waals surface area contributed by atoms with Crippen molar-refractivity contribution >= 4 is 35.1 Å². The van der Waals surface area contributed by atoms with Gasteiger partial charge in [0, 0.05) is 34.8 Å². The van der Waals surface area contributed by atoms with Crippen LogP contribution < -0.4 is 14.2 Å². The van der Waals surface area contributed by atoms with Gasteiger partial charge in [-0.1, -0.05) is 41.9 Å². The fourth-order valence-electron chi connectivity index (χ4n) is 4.49. The van der Waals surface area contributed by atoms with Crippen LogP contribution in [0.2, 0.25) is 5.02 Å². The van der Waals surface area contributed by atoms with Crippen LogP contribution >= 0.6 is 11.6 Å². The second-order valence-electron chi connectivity index (χ2n) is 8.24. The second kappa shape index (κ2) is 10.4. The van der Waals surface area contributed by atoms with Crippen LogP contribution in [0.3, 0.4) is 0 Å². The first-order valence-electron chi connectivity index (χ1n) is 11.5. The Balaban J connectivity index is 1.65. The Labute approximate surface area is 223 Å². The van der Waals surface area contributed by atoms with Crippen LogP contribution in [0.1, 0.15) is 20.8 Å². The molecule has 0 fully saturated rings. The summed E-state index contributed by atoms with van der Waals surface area (Å²) >= 11 is 6.93. The van der Waals surface area contributed by atoms with Gasteiger partial charge in [0.15, 0.2) is 18.3 Å². The lowest BCUT2D eigenvalue weighted by atomic mass is 9.98. The van der Waals surface area contributed by atoms with E-state index in [1.165, 1.54) is 27.5 Å². The molecule has 0 aliphatic heterocycles. The normalized spacial score (nSPS) is 10.8. The standard InChI is InChI=1S/C29H22ClN3O5/c1-36-26-12-17(13-27(37-2)22(26)15-34)33-11-10-19-18(6-5-9-25(19)33)20-7-4-8-21(28(20)30)23-14-31-24(16-35)29(32-23)38-3/h4-16H,1-3H3. The van der Waals surface area contributed by atoms with E-state index in [9.17, 15) is 9.59 Å². The zero-order chi connectivity index (χ0) is 26.8. The van der Waals surface area contributed by atoms with Gasteiger partial charge in [0.05, 0.1) is 55.0 Å². The third-order valence-electron chi connectivity index (χ3n) is 6.29. The molecule has 0 spiro atoms. The molecule has 0 unspecified atom stereocenters. The van der Waals surface area contributed by atoms with Gasteiger partial charge in [-0.05, 0) is 17.7 Å². The topological polar surface area (TPSA) is 92.5 Å². The van der Waals surface area contributed by atoms with Crippen LogP contribution in [0.5, 0.6) is 17.4 Å². The summed E-state index contributed by atoms with van der Waals surface area (Å²) in [7, 11) is 4.46. The number of ether oxygens (including phenoxy) is 3. The van der Waals surface area contributed by atoms with Gasteiger partial charge in [0.2, 0.25) is 5.88 Å². The number of halogens is 1. The predicted molar refractivity (Wildman–Crippen MR) is 145 cm³/mol. The molecule has 5 aromatic rings. The quantitative estimate of drug-likeness (QED) is 0.226. The van der Waals surface area contributed by atoms with Crippen LogP contribution in [0.4, 0.5) is 0 Å². The maximum absolute atomic E-state index is 11.6. The van der Waals surface area contributed by atoms with Crippen molar-refractivity contribution in [1.82, 2.24) is 14.5 Å². The number of nitrogens with zero attached hydrogens (tertiary/aromatic N) is 3. The molecule has 5 rings (SSSR count). The minimum Gasteiger partial charge on any atom is -0.496 e. The SMILES string of the molecule is COc1cc(-n2ccc3c(-c4cccc(-c5cnc(C=O)c(OC)n5)c4Cl)cccc32)cc(OC)c1C=O. The molecule has 0 atom stereocenters. The Kier molecular flexibility index (Phi) is 6.81. The lowest BCUT2D eigenvalue weighted by Gasteiger charge is -2.14. The minimum absolute atomic E-state index is 0.115. The summed E-state index contributed by atoms with van der Waals surface area (Å²) in [5, 5.41) is 1.45. The molecular formula is C29H22ClN3O5. The number of methoxy groups -OCH3 is 3. The zero-order valence-corrected chi connectivity index (χ0v) is 21.5. The predicted octanol–water partition coefficient (Wildman–Crippen LogP) is 6.06. The van der Waals surface area contributed by atoms with Gasteiger partial charge in [-0.15, -0.1) is 0 Å². The first-order chi connectivity index (χ1) is 18.5. The van der Waals surface area contributed by atoms with E-state index in [2.05, 4.69) is 9.97 Å². The molecule has 0 amide bonds. The summed E-state index contributed by atoms with van der Waals surface area (Å²) in [6, 6.07) is 17.2. The zero-order valence-electron chi connectivity index (χ0n) is 20.8. The molecule has 9 heteroatoms. The molecule has 0 saturated carbocycles. The van der Waals surface area contributed by atoms with Crippen LogP contribution in [0.25, 0.3) is 39.0 Å². The van der Waals surface area contributed by atoms with Crippen LogP contribution in [0, 0.1) is 0 Å². The van der Waals surface area contributed by atoms with Gasteiger partial charge in [0.1, 0.15) is 11.5 Å². The molecule has 0 saturated heterocycles. The van der Waals surface area contributed by atoms with Gasteiger partial charge in [0.25, 0.3) is 0 Å². The molecule has 2 heterocycles. The highest BCUT2D eigenvalue weighted by Gasteiger charge is 2.18. The second-order valence-corrected chi connectivity index (χ2v) is 8.62. The molecule has 8 nitrogen and oxygen atoms in total. The van der Waals surface area contributed by atoms with Crippen LogP contribution in [-0.4, -0.2) is 48.4 Å². The van der Waals surface area contributed by atoms with E-state index >= 15 is 0 Å². The van der Waals surface area contributed by atoms with Crippen molar-refractivity contribution in [2.75, 3.05) is 21.3 Å². The molecule has 0 N–H and O–H groups in total. The van der Waals surface area contributed by atoms with Crippen molar-refractivity contribution in [3.8, 4) is 45.5 Å². The summed E-state index contributed by atoms with van der Waals surface area (Å²) in [5.41, 5.74) is 5.02. The fourth-order valence-corrected chi connectivity index (χ4v) is 4.81. The number of fused-ring (bicyclic) bond motifs is 1. The Morgan fingerprint density at radius 3 is 2.18 bits per heavy atom. The number of carbonyl (C=O) groups is 2. The van der Waals surface area contributed by atoms with E-state index in [0.29, 0.717) is 39.6 Å². The molecule has 0 bridgehead atoms. The first kappa shape index (κ1) is 25.0. The summed E-state index contributed by atoms with van der Waals surface area (Å²) in [5.74, 6) is 0.963. The van der Waals surface area contributed by atoms with E-state index in [4.69, 9.17) is 25.8 Å². The molecule has 2 aromatic heterocycles. The van der Waals surface area contributed by atoms with E-state index in [1.807, 2.05) is 53.2 Å². The van der Waals surface area contributed by atoms with Crippen molar-refractivity contribution < 1.29 is 23.8 Å². The molecule has 38 heavy (non-hydrogen) atoms. The number of carbonyl (C=O) groups excluding carboxylic acids is 2. The van der Waals surface area contributed by atoms with Gasteiger partial charge in [-0.3, -0.25) is 9.59 Å². The number of hydrogen-bond donors (Lipinski definition) is 0. The van der Waals surface area contributed by atoms with Crippen molar-refractivity contribution in [1.29, 1.82) is 0 Å². The van der Waals surface area contributed by atoms with Crippen molar-refractivity contribution in [2.24, 2.45) is 0 Å². The van der Waals surface area contributed by atoms with E-state index in [1.54, 1.807) is 12.1 Å². The highest BCUT2D eigenvalue weighted by Crippen LogP contribution is 2.40. The van der Waals surface area contributed by atoms with Gasteiger partial charge < -0.3 is 18.8 Å². The summed E-state index contributed by atoms with van der Waals surface area (Å²) in [6.45, 7) is 0. The Hall–Kier alpha value is -4.69. The summed E-state index contributed by atoms with van der Waals surface area (Å²) < 4.78 is 18.1. The number of aromatic nitrogens is 3. The van der Waals surface area contributed by atoms with Gasteiger partial charge in [-0.2, -0.15) is 0 Å². The average Bonchev–Trinajstić information content (AvgIpc) is 3.40. The fraction of sp³-hybridized carbons (Fsp3) is 0.103. The van der Waals surface area contributed by atoms with E-state index in [0.717, 1.165) is 34.0 Å². The van der Waals surface area contributed by atoms with E-state index < -0.39 is 0 Å². The monoisotopic (exact) mass is 527 g/mol. The maximum Gasteiger partial charge on any atom is 0.243 e. The smallest absolute Gasteiger partial charge is 0.243 e. The maximum atomic E-state index is 11.6. The van der Waals surface area contributed by atoms with Crippen LogP contribution in [-0.2, 0) is 0 Å². The van der Waals surface area contributed by atoms with E-state index in [-0.39, 0.29) is 11.6 Å². The third-order valence-corrected chi connectivity index (χ3v) is 6.70. The number of hydrogen-bond acceptors (Lipinski definition) is 7. The highest BCUT2D eigenvalue weighted by molar-refractivity contribution is 6.36. The summed E-state index contributed by atoms with van der Waals surface area (Å²) in [4.78, 5) is 31.4. The molecule has 3 aromatic carbocycles. The van der Waals surface area contributed by atoms with Gasteiger partial charge >= 0.3 is 0 Å². The lowest BCUT2D eigenvalue weighted by Crippen LogP contribution is -2.00. The molecule has 0 aliphatic carbocycles.